The topological polar surface area (TPSA) is 133 Å². The number of carbonyl (C=O) groups is 4. The van der Waals surface area contributed by atoms with E-state index in [4.69, 9.17) is 0 Å². The second kappa shape index (κ2) is 13.3. The molecule has 8 nitrogen and oxygen atoms in total. The summed E-state index contributed by atoms with van der Waals surface area (Å²) in [5, 5.41) is 25.4. The first-order valence-electron chi connectivity index (χ1n) is 17.3. The third-order valence-corrected chi connectivity index (χ3v) is 11.0. The average Bonchev–Trinajstić information content (AvgIpc) is 3.43. The number of carboxylic acids is 2. The van der Waals surface area contributed by atoms with Gasteiger partial charge in [0.25, 0.3) is 0 Å². The normalized spacial score (nSPS) is 22.3. The first kappa shape index (κ1) is 32.3. The van der Waals surface area contributed by atoms with E-state index in [2.05, 4.69) is 34.9 Å². The summed E-state index contributed by atoms with van der Waals surface area (Å²) in [5.74, 6) is -4.80. The van der Waals surface area contributed by atoms with Gasteiger partial charge in [0.1, 0.15) is 0 Å². The highest BCUT2D eigenvalue weighted by atomic mass is 16.4. The Hall–Kier alpha value is -5.24. The SMILES string of the molecule is O=C(Nc1ccc(C2(c3ccc(NC(=O)[C@H]4CCCC[C@H]4C(=O)O)cc3)c3ccccc3-c3ccccc32)cc1)[C@H]1CCCC[C@H]1C(=O)O. The molecule has 2 amide bonds. The van der Waals surface area contributed by atoms with Gasteiger partial charge in [-0.3, -0.25) is 19.2 Å². The van der Waals surface area contributed by atoms with Gasteiger partial charge in [-0.25, -0.2) is 0 Å². The maximum Gasteiger partial charge on any atom is 0.307 e. The van der Waals surface area contributed by atoms with Crippen molar-refractivity contribution in [3.05, 3.63) is 119 Å². The van der Waals surface area contributed by atoms with Gasteiger partial charge in [-0.05, 0) is 83.3 Å². The molecule has 0 spiro atoms. The summed E-state index contributed by atoms with van der Waals surface area (Å²) in [6.07, 6.45) is 5.48. The number of carbonyl (C=O) groups excluding carboxylic acids is 2. The second-order valence-electron chi connectivity index (χ2n) is 13.6. The minimum Gasteiger partial charge on any atom is -0.481 e. The minimum atomic E-state index is -0.917. The number of nitrogens with one attached hydrogen (secondary N) is 2. The monoisotopic (exact) mass is 656 g/mol. The summed E-state index contributed by atoms with van der Waals surface area (Å²) in [5.41, 5.74) is 6.99. The van der Waals surface area contributed by atoms with E-state index in [9.17, 15) is 29.4 Å². The largest absolute Gasteiger partial charge is 0.481 e. The molecule has 250 valence electrons. The summed E-state index contributed by atoms with van der Waals surface area (Å²) in [7, 11) is 0. The molecule has 3 aliphatic rings. The summed E-state index contributed by atoms with van der Waals surface area (Å²) in [6, 6.07) is 32.3. The zero-order valence-corrected chi connectivity index (χ0v) is 27.2. The molecule has 4 atom stereocenters. The summed E-state index contributed by atoms with van der Waals surface area (Å²) < 4.78 is 0. The molecule has 4 aromatic carbocycles. The Morgan fingerprint density at radius 1 is 0.490 bits per heavy atom. The van der Waals surface area contributed by atoms with Crippen LogP contribution in [0.2, 0.25) is 0 Å². The molecule has 4 aromatic rings. The van der Waals surface area contributed by atoms with Crippen molar-refractivity contribution in [1.82, 2.24) is 0 Å². The zero-order valence-electron chi connectivity index (χ0n) is 27.2. The van der Waals surface area contributed by atoms with Gasteiger partial charge in [-0.1, -0.05) is 98.5 Å². The van der Waals surface area contributed by atoms with Crippen LogP contribution in [0.3, 0.4) is 0 Å². The number of fused-ring (bicyclic) bond motifs is 3. The number of hydrogen-bond acceptors (Lipinski definition) is 4. The number of hydrogen-bond donors (Lipinski definition) is 4. The van der Waals surface area contributed by atoms with Gasteiger partial charge in [0.2, 0.25) is 11.8 Å². The number of aliphatic carboxylic acids is 2. The van der Waals surface area contributed by atoms with Gasteiger partial charge in [0, 0.05) is 11.4 Å². The van der Waals surface area contributed by atoms with Gasteiger partial charge in [-0.15, -0.1) is 0 Å². The third kappa shape index (κ3) is 5.79. The fourth-order valence-electron chi connectivity index (χ4n) is 8.58. The minimum absolute atomic E-state index is 0.258. The van der Waals surface area contributed by atoms with Crippen LogP contribution in [-0.2, 0) is 24.6 Å². The molecule has 0 saturated heterocycles. The van der Waals surface area contributed by atoms with Gasteiger partial charge >= 0.3 is 11.9 Å². The van der Waals surface area contributed by atoms with Crippen molar-refractivity contribution >= 4 is 35.1 Å². The fourth-order valence-corrected chi connectivity index (χ4v) is 8.58. The molecule has 0 aliphatic heterocycles. The summed E-state index contributed by atoms with van der Waals surface area (Å²) in [6.45, 7) is 0. The van der Waals surface area contributed by atoms with Crippen molar-refractivity contribution in [1.29, 1.82) is 0 Å². The number of benzene rings is 4. The zero-order chi connectivity index (χ0) is 34.1. The first-order valence-corrected chi connectivity index (χ1v) is 17.3. The van der Waals surface area contributed by atoms with Crippen LogP contribution in [0, 0.1) is 23.7 Å². The third-order valence-electron chi connectivity index (χ3n) is 11.0. The quantitative estimate of drug-likeness (QED) is 0.135. The summed E-state index contributed by atoms with van der Waals surface area (Å²) in [4.78, 5) is 50.2. The Bertz CT molecular complexity index is 1760. The number of rotatable bonds is 8. The predicted molar refractivity (Wildman–Crippen MR) is 187 cm³/mol. The van der Waals surface area contributed by atoms with Crippen LogP contribution < -0.4 is 10.6 Å². The molecule has 4 N–H and O–H groups in total. The standard InChI is InChI=1S/C41H40N2O6/c44-37(31-11-1-3-13-33(31)39(46)47)42-27-21-17-25(18-22-27)41(35-15-7-5-9-29(35)30-10-6-8-16-36(30)41)26-19-23-28(24-20-26)43-38(45)32-12-2-4-14-34(32)40(48)49/h5-10,15-24,31-34H,1-4,11-14H2,(H,42,44)(H,43,45)(H,46,47)(H,48,49)/t31-,32-,33+,34+/m0/s1. The van der Waals surface area contributed by atoms with Crippen molar-refractivity contribution in [2.45, 2.75) is 56.8 Å². The smallest absolute Gasteiger partial charge is 0.307 e. The molecule has 49 heavy (non-hydrogen) atoms. The maximum absolute atomic E-state index is 13.3. The molecular weight excluding hydrogens is 616 g/mol. The lowest BCUT2D eigenvalue weighted by Gasteiger charge is -2.34. The lowest BCUT2D eigenvalue weighted by Crippen LogP contribution is -2.36. The fraction of sp³-hybridized carbons (Fsp3) is 0.317. The van der Waals surface area contributed by atoms with Crippen LogP contribution in [0.5, 0.6) is 0 Å². The molecule has 8 heteroatoms. The lowest BCUT2D eigenvalue weighted by atomic mass is 9.67. The second-order valence-corrected chi connectivity index (χ2v) is 13.6. The van der Waals surface area contributed by atoms with E-state index in [1.54, 1.807) is 0 Å². The molecular formula is C41H40N2O6. The van der Waals surface area contributed by atoms with Crippen molar-refractivity contribution < 1.29 is 29.4 Å². The first-order chi connectivity index (χ1) is 23.8. The van der Waals surface area contributed by atoms with E-state index in [0.717, 1.165) is 59.1 Å². The average molecular weight is 657 g/mol. The van der Waals surface area contributed by atoms with E-state index < -0.39 is 41.0 Å². The molecule has 3 aliphatic carbocycles. The van der Waals surface area contributed by atoms with Crippen LogP contribution in [-0.4, -0.2) is 34.0 Å². The summed E-state index contributed by atoms with van der Waals surface area (Å²) >= 11 is 0. The Morgan fingerprint density at radius 2 is 0.837 bits per heavy atom. The van der Waals surface area contributed by atoms with Crippen molar-refractivity contribution in [3.63, 3.8) is 0 Å². The van der Waals surface area contributed by atoms with Crippen LogP contribution in [0.1, 0.15) is 73.6 Å². The molecule has 0 unspecified atom stereocenters. The van der Waals surface area contributed by atoms with Crippen LogP contribution in [0.25, 0.3) is 11.1 Å². The highest BCUT2D eigenvalue weighted by Gasteiger charge is 2.46. The molecule has 0 heterocycles. The predicted octanol–water partition coefficient (Wildman–Crippen LogP) is 7.71. The van der Waals surface area contributed by atoms with E-state index in [1.807, 2.05) is 72.8 Å². The number of amides is 2. The molecule has 2 fully saturated rings. The Kier molecular flexibility index (Phi) is 8.80. The molecule has 2 saturated carbocycles. The van der Waals surface area contributed by atoms with Gasteiger partial charge in [0.15, 0.2) is 0 Å². The molecule has 0 radical (unpaired) electrons. The van der Waals surface area contributed by atoms with E-state index in [-0.39, 0.29) is 11.8 Å². The van der Waals surface area contributed by atoms with E-state index in [0.29, 0.717) is 37.1 Å². The van der Waals surface area contributed by atoms with Gasteiger partial charge in [-0.2, -0.15) is 0 Å². The van der Waals surface area contributed by atoms with Crippen LogP contribution in [0.4, 0.5) is 11.4 Å². The van der Waals surface area contributed by atoms with Crippen LogP contribution >= 0.6 is 0 Å². The highest BCUT2D eigenvalue weighted by Crippen LogP contribution is 2.56. The van der Waals surface area contributed by atoms with Crippen LogP contribution in [0.15, 0.2) is 97.1 Å². The maximum atomic E-state index is 13.3. The van der Waals surface area contributed by atoms with Gasteiger partial charge < -0.3 is 20.8 Å². The number of carboxylic acid groups (broad SMARTS) is 2. The Morgan fingerprint density at radius 3 is 1.20 bits per heavy atom. The van der Waals surface area contributed by atoms with Gasteiger partial charge in [0.05, 0.1) is 29.1 Å². The van der Waals surface area contributed by atoms with Crippen molar-refractivity contribution in [2.75, 3.05) is 10.6 Å². The lowest BCUT2D eigenvalue weighted by molar-refractivity contribution is -0.148. The highest BCUT2D eigenvalue weighted by molar-refractivity contribution is 5.96. The van der Waals surface area contributed by atoms with E-state index >= 15 is 0 Å². The molecule has 0 aromatic heterocycles. The van der Waals surface area contributed by atoms with Crippen molar-refractivity contribution in [3.8, 4) is 11.1 Å². The number of anilines is 2. The van der Waals surface area contributed by atoms with Crippen molar-refractivity contribution in [2.24, 2.45) is 23.7 Å². The molecule has 0 bridgehead atoms. The Balaban J connectivity index is 1.23. The Labute approximate surface area is 285 Å². The molecule has 7 rings (SSSR count). The van der Waals surface area contributed by atoms with E-state index in [1.165, 1.54) is 0 Å².